The first-order valence-electron chi connectivity index (χ1n) is 9.01. The van der Waals surface area contributed by atoms with Gasteiger partial charge in [0.05, 0.1) is 27.9 Å². The standard InChI is InChI=1S/C22H18Cl2N2O4/c1-13(15-5-2-3-6-16(15)22(28)29)26-21(27)17-11-14(23)8-9-20(17)30-12-19-18(24)7-4-10-25-19/h2-11,13H,12H2,1H3,(H,26,27)(H,28,29)/t13-/m0/s1. The van der Waals surface area contributed by atoms with Crippen molar-refractivity contribution in [1.29, 1.82) is 0 Å². The Morgan fingerprint density at radius 2 is 1.87 bits per heavy atom. The summed E-state index contributed by atoms with van der Waals surface area (Å²) in [5, 5.41) is 13.0. The minimum atomic E-state index is -1.06. The molecule has 30 heavy (non-hydrogen) atoms. The predicted molar refractivity (Wildman–Crippen MR) is 114 cm³/mol. The van der Waals surface area contributed by atoms with E-state index in [4.69, 9.17) is 27.9 Å². The smallest absolute Gasteiger partial charge is 0.336 e. The summed E-state index contributed by atoms with van der Waals surface area (Å²) in [6, 6.07) is 14.0. The average Bonchev–Trinajstić information content (AvgIpc) is 2.73. The Kier molecular flexibility index (Phi) is 6.92. The van der Waals surface area contributed by atoms with Gasteiger partial charge < -0.3 is 15.2 Å². The highest BCUT2D eigenvalue weighted by molar-refractivity contribution is 6.31. The molecule has 0 saturated heterocycles. The van der Waals surface area contributed by atoms with E-state index in [1.165, 1.54) is 12.1 Å². The number of carbonyl (C=O) groups is 2. The molecule has 8 heteroatoms. The molecule has 3 rings (SSSR count). The van der Waals surface area contributed by atoms with Crippen molar-refractivity contribution < 1.29 is 19.4 Å². The molecular formula is C22H18Cl2N2O4. The Morgan fingerprint density at radius 1 is 1.10 bits per heavy atom. The molecule has 2 N–H and O–H groups in total. The number of rotatable bonds is 7. The third-order valence-electron chi connectivity index (χ3n) is 4.39. The molecule has 6 nitrogen and oxygen atoms in total. The number of nitrogens with zero attached hydrogens (tertiary/aromatic N) is 1. The molecule has 0 spiro atoms. The summed E-state index contributed by atoms with van der Waals surface area (Å²) in [5.41, 5.74) is 1.36. The zero-order valence-electron chi connectivity index (χ0n) is 15.9. The van der Waals surface area contributed by atoms with Crippen LogP contribution in [0.1, 0.15) is 44.9 Å². The number of carboxylic acids is 1. The quantitative estimate of drug-likeness (QED) is 0.525. The third kappa shape index (κ3) is 5.09. The summed E-state index contributed by atoms with van der Waals surface area (Å²) in [6.07, 6.45) is 1.60. The van der Waals surface area contributed by atoms with Gasteiger partial charge in [0.15, 0.2) is 0 Å². The second-order valence-electron chi connectivity index (χ2n) is 6.45. The molecule has 0 radical (unpaired) electrons. The number of aromatic nitrogens is 1. The van der Waals surface area contributed by atoms with Crippen LogP contribution >= 0.6 is 23.2 Å². The molecule has 1 aromatic heterocycles. The van der Waals surface area contributed by atoms with Crippen molar-refractivity contribution in [1.82, 2.24) is 10.3 Å². The number of nitrogens with one attached hydrogen (secondary N) is 1. The van der Waals surface area contributed by atoms with Crippen molar-refractivity contribution in [3.63, 3.8) is 0 Å². The van der Waals surface area contributed by atoms with Crippen LogP contribution < -0.4 is 10.1 Å². The molecule has 154 valence electrons. The maximum Gasteiger partial charge on any atom is 0.336 e. The number of hydrogen-bond donors (Lipinski definition) is 2. The van der Waals surface area contributed by atoms with Gasteiger partial charge in [0, 0.05) is 11.2 Å². The van der Waals surface area contributed by atoms with Crippen LogP contribution in [-0.4, -0.2) is 22.0 Å². The van der Waals surface area contributed by atoms with E-state index in [9.17, 15) is 14.7 Å². The molecule has 0 saturated carbocycles. The molecule has 0 unspecified atom stereocenters. The van der Waals surface area contributed by atoms with E-state index in [0.717, 1.165) is 0 Å². The van der Waals surface area contributed by atoms with E-state index < -0.39 is 17.9 Å². The Bertz CT molecular complexity index is 1090. The van der Waals surface area contributed by atoms with Gasteiger partial charge in [0.25, 0.3) is 5.91 Å². The first-order chi connectivity index (χ1) is 14.4. The van der Waals surface area contributed by atoms with Crippen LogP contribution in [0.5, 0.6) is 5.75 Å². The Labute approximate surface area is 183 Å². The lowest BCUT2D eigenvalue weighted by molar-refractivity contribution is 0.0693. The van der Waals surface area contributed by atoms with Crippen LogP contribution in [0.25, 0.3) is 0 Å². The van der Waals surface area contributed by atoms with Gasteiger partial charge in [0.1, 0.15) is 12.4 Å². The molecule has 1 heterocycles. The zero-order valence-corrected chi connectivity index (χ0v) is 17.4. The number of amides is 1. The van der Waals surface area contributed by atoms with Gasteiger partial charge in [-0.05, 0) is 48.9 Å². The van der Waals surface area contributed by atoms with E-state index in [1.807, 2.05) is 0 Å². The SMILES string of the molecule is C[C@H](NC(=O)c1cc(Cl)ccc1OCc1ncccc1Cl)c1ccccc1C(=O)O. The molecule has 0 aliphatic heterocycles. The summed E-state index contributed by atoms with van der Waals surface area (Å²) in [6.45, 7) is 1.78. The van der Waals surface area contributed by atoms with Crippen LogP contribution in [-0.2, 0) is 6.61 Å². The number of carbonyl (C=O) groups excluding carboxylic acids is 1. The molecule has 0 aliphatic carbocycles. The van der Waals surface area contributed by atoms with Crippen molar-refractivity contribution in [3.05, 3.63) is 93.2 Å². The normalized spacial score (nSPS) is 11.6. The van der Waals surface area contributed by atoms with Crippen molar-refractivity contribution in [2.45, 2.75) is 19.6 Å². The number of pyridine rings is 1. The Balaban J connectivity index is 1.81. The predicted octanol–water partition coefficient (Wildman–Crippen LogP) is 5.16. The van der Waals surface area contributed by atoms with E-state index in [-0.39, 0.29) is 17.7 Å². The van der Waals surface area contributed by atoms with E-state index in [1.54, 1.807) is 55.6 Å². The summed E-state index contributed by atoms with van der Waals surface area (Å²) in [4.78, 5) is 28.5. The van der Waals surface area contributed by atoms with Gasteiger partial charge in [-0.1, -0.05) is 41.4 Å². The largest absolute Gasteiger partial charge is 0.486 e. The molecule has 3 aromatic rings. The molecular weight excluding hydrogens is 427 g/mol. The lowest BCUT2D eigenvalue weighted by Crippen LogP contribution is -2.28. The molecule has 1 atom stereocenters. The second-order valence-corrected chi connectivity index (χ2v) is 7.29. The van der Waals surface area contributed by atoms with Crippen LogP contribution in [0.2, 0.25) is 10.0 Å². The number of carboxylic acid groups (broad SMARTS) is 1. The number of halogens is 2. The highest BCUT2D eigenvalue weighted by atomic mass is 35.5. The second kappa shape index (κ2) is 9.61. The first-order valence-corrected chi connectivity index (χ1v) is 9.77. The molecule has 2 aromatic carbocycles. The number of benzene rings is 2. The minimum absolute atomic E-state index is 0.0684. The Hall–Kier alpha value is -3.09. The first kappa shape index (κ1) is 21.6. The van der Waals surface area contributed by atoms with Crippen molar-refractivity contribution in [2.24, 2.45) is 0 Å². The molecule has 0 aliphatic rings. The molecule has 0 bridgehead atoms. The third-order valence-corrected chi connectivity index (χ3v) is 4.97. The van der Waals surface area contributed by atoms with Gasteiger partial charge >= 0.3 is 5.97 Å². The highest BCUT2D eigenvalue weighted by Crippen LogP contribution is 2.26. The van der Waals surface area contributed by atoms with Crippen LogP contribution in [0.4, 0.5) is 0 Å². The van der Waals surface area contributed by atoms with Crippen LogP contribution in [0.15, 0.2) is 60.8 Å². The van der Waals surface area contributed by atoms with Crippen LogP contribution in [0, 0.1) is 0 Å². The molecule has 1 amide bonds. The van der Waals surface area contributed by atoms with E-state index in [0.29, 0.717) is 27.1 Å². The van der Waals surface area contributed by atoms with Gasteiger partial charge in [0.2, 0.25) is 0 Å². The zero-order chi connectivity index (χ0) is 21.7. The van der Waals surface area contributed by atoms with E-state index >= 15 is 0 Å². The van der Waals surface area contributed by atoms with Gasteiger partial charge in [-0.3, -0.25) is 9.78 Å². The topological polar surface area (TPSA) is 88.5 Å². The minimum Gasteiger partial charge on any atom is -0.486 e. The maximum absolute atomic E-state index is 12.9. The fourth-order valence-electron chi connectivity index (χ4n) is 2.90. The summed E-state index contributed by atoms with van der Waals surface area (Å²) in [5.74, 6) is -1.21. The van der Waals surface area contributed by atoms with Crippen molar-refractivity contribution in [3.8, 4) is 5.75 Å². The number of hydrogen-bond acceptors (Lipinski definition) is 4. The summed E-state index contributed by atoms with van der Waals surface area (Å²) < 4.78 is 5.77. The van der Waals surface area contributed by atoms with Gasteiger partial charge in [-0.15, -0.1) is 0 Å². The fourth-order valence-corrected chi connectivity index (χ4v) is 3.25. The monoisotopic (exact) mass is 444 g/mol. The maximum atomic E-state index is 12.9. The van der Waals surface area contributed by atoms with Crippen molar-refractivity contribution in [2.75, 3.05) is 0 Å². The van der Waals surface area contributed by atoms with Gasteiger partial charge in [-0.2, -0.15) is 0 Å². The average molecular weight is 445 g/mol. The summed E-state index contributed by atoms with van der Waals surface area (Å²) in [7, 11) is 0. The fraction of sp³-hybridized carbons (Fsp3) is 0.136. The number of aromatic carboxylic acids is 1. The lowest BCUT2D eigenvalue weighted by atomic mass is 10.0. The van der Waals surface area contributed by atoms with E-state index in [2.05, 4.69) is 10.3 Å². The van der Waals surface area contributed by atoms with Gasteiger partial charge in [-0.25, -0.2) is 4.79 Å². The lowest BCUT2D eigenvalue weighted by Gasteiger charge is -2.18. The Morgan fingerprint density at radius 3 is 2.60 bits per heavy atom. The van der Waals surface area contributed by atoms with Crippen molar-refractivity contribution >= 4 is 35.1 Å². The number of ether oxygens (including phenoxy) is 1. The van der Waals surface area contributed by atoms with Crippen LogP contribution in [0.3, 0.4) is 0 Å². The highest BCUT2D eigenvalue weighted by Gasteiger charge is 2.20. The summed E-state index contributed by atoms with van der Waals surface area (Å²) >= 11 is 12.2. The molecule has 0 fully saturated rings.